The van der Waals surface area contributed by atoms with Gasteiger partial charge in [-0.3, -0.25) is 9.78 Å². The molecule has 6 heteroatoms. The van der Waals surface area contributed by atoms with Gasteiger partial charge in [0.1, 0.15) is 5.82 Å². The first-order valence-corrected chi connectivity index (χ1v) is 8.77. The number of pyridine rings is 1. The number of aromatic nitrogens is 3. The fourth-order valence-electron chi connectivity index (χ4n) is 3.33. The molecule has 0 saturated carbocycles. The van der Waals surface area contributed by atoms with Gasteiger partial charge in [-0.2, -0.15) is 5.10 Å². The normalized spacial score (nSPS) is 13.3. The summed E-state index contributed by atoms with van der Waals surface area (Å²) in [7, 11) is 0. The zero-order valence-corrected chi connectivity index (χ0v) is 14.3. The number of carbonyl (C=O) groups excluding carboxylic acids is 1. The van der Waals surface area contributed by atoms with Gasteiger partial charge < -0.3 is 5.32 Å². The van der Waals surface area contributed by atoms with Crippen molar-refractivity contribution in [2.24, 2.45) is 0 Å². The Hall–Kier alpha value is -3.02. The summed E-state index contributed by atoms with van der Waals surface area (Å²) in [6.45, 7) is 0.359. The Balaban J connectivity index is 1.63. The maximum Gasteiger partial charge on any atom is 0.272 e. The van der Waals surface area contributed by atoms with Crippen LogP contribution in [0.2, 0.25) is 0 Å². The van der Waals surface area contributed by atoms with Crippen LogP contribution in [-0.4, -0.2) is 20.7 Å². The van der Waals surface area contributed by atoms with E-state index < -0.39 is 0 Å². The number of rotatable bonds is 4. The summed E-state index contributed by atoms with van der Waals surface area (Å²) in [5.41, 5.74) is 4.07. The number of halogens is 1. The quantitative estimate of drug-likeness (QED) is 0.786. The number of amides is 1. The van der Waals surface area contributed by atoms with E-state index >= 15 is 0 Å². The highest BCUT2D eigenvalue weighted by Gasteiger charge is 2.25. The molecule has 0 spiro atoms. The van der Waals surface area contributed by atoms with E-state index in [1.807, 2.05) is 18.2 Å². The second-order valence-corrected chi connectivity index (χ2v) is 6.37. The van der Waals surface area contributed by atoms with Crippen LogP contribution in [0, 0.1) is 5.82 Å². The lowest BCUT2D eigenvalue weighted by atomic mass is 9.95. The van der Waals surface area contributed by atoms with Crippen molar-refractivity contribution in [3.05, 3.63) is 77.1 Å². The molecular weight excluding hydrogens is 331 g/mol. The minimum absolute atomic E-state index is 0.199. The molecule has 2 heterocycles. The van der Waals surface area contributed by atoms with Crippen molar-refractivity contribution in [2.45, 2.75) is 32.2 Å². The van der Waals surface area contributed by atoms with E-state index in [1.54, 1.807) is 23.0 Å². The summed E-state index contributed by atoms with van der Waals surface area (Å²) >= 11 is 0. The van der Waals surface area contributed by atoms with Gasteiger partial charge in [0.15, 0.2) is 5.69 Å². The second-order valence-electron chi connectivity index (χ2n) is 6.37. The number of hydrogen-bond donors (Lipinski definition) is 1. The third kappa shape index (κ3) is 3.22. The van der Waals surface area contributed by atoms with Crippen molar-refractivity contribution in [3.8, 4) is 5.69 Å². The molecule has 26 heavy (non-hydrogen) atoms. The molecule has 0 radical (unpaired) electrons. The molecule has 5 nitrogen and oxygen atoms in total. The van der Waals surface area contributed by atoms with Crippen molar-refractivity contribution in [2.75, 3.05) is 0 Å². The largest absolute Gasteiger partial charge is 0.345 e. The highest BCUT2D eigenvalue weighted by molar-refractivity contribution is 5.94. The van der Waals surface area contributed by atoms with Gasteiger partial charge in [0.05, 0.1) is 17.9 Å². The summed E-state index contributed by atoms with van der Waals surface area (Å²) in [5, 5.41) is 7.47. The number of benzene rings is 1. The van der Waals surface area contributed by atoms with E-state index in [2.05, 4.69) is 15.4 Å². The monoisotopic (exact) mass is 350 g/mol. The van der Waals surface area contributed by atoms with Crippen LogP contribution < -0.4 is 5.32 Å². The zero-order valence-electron chi connectivity index (χ0n) is 14.3. The van der Waals surface area contributed by atoms with E-state index in [0.29, 0.717) is 12.2 Å². The molecular formula is C20H19FN4O. The SMILES string of the molecule is O=C(NCc1ccccn1)c1nn(-c2ccc(F)cc2)c2c1CCCC2. The van der Waals surface area contributed by atoms with Gasteiger partial charge in [0, 0.05) is 17.5 Å². The number of carbonyl (C=O) groups is 1. The predicted octanol–water partition coefficient (Wildman–Crippen LogP) is 3.22. The molecule has 0 bridgehead atoms. The van der Waals surface area contributed by atoms with Crippen LogP contribution in [0.15, 0.2) is 48.7 Å². The van der Waals surface area contributed by atoms with Gasteiger partial charge in [0.25, 0.3) is 5.91 Å². The topological polar surface area (TPSA) is 59.8 Å². The molecule has 2 aromatic heterocycles. The van der Waals surface area contributed by atoms with Crippen LogP contribution in [0.4, 0.5) is 4.39 Å². The first kappa shape index (κ1) is 16.4. The van der Waals surface area contributed by atoms with Gasteiger partial charge in [-0.05, 0) is 62.1 Å². The Morgan fingerprint density at radius 1 is 1.12 bits per heavy atom. The molecule has 1 N–H and O–H groups in total. The van der Waals surface area contributed by atoms with E-state index in [0.717, 1.165) is 48.3 Å². The third-order valence-corrected chi connectivity index (χ3v) is 4.62. The second kappa shape index (κ2) is 7.07. The lowest BCUT2D eigenvalue weighted by Crippen LogP contribution is -2.25. The maximum absolute atomic E-state index is 13.2. The predicted molar refractivity (Wildman–Crippen MR) is 95.6 cm³/mol. The summed E-state index contributed by atoms with van der Waals surface area (Å²) < 4.78 is 15.0. The van der Waals surface area contributed by atoms with E-state index in [-0.39, 0.29) is 11.7 Å². The Morgan fingerprint density at radius 3 is 2.69 bits per heavy atom. The molecule has 0 fully saturated rings. The van der Waals surface area contributed by atoms with Gasteiger partial charge in [0.2, 0.25) is 0 Å². The van der Waals surface area contributed by atoms with Gasteiger partial charge >= 0.3 is 0 Å². The Morgan fingerprint density at radius 2 is 1.92 bits per heavy atom. The molecule has 1 aliphatic rings. The van der Waals surface area contributed by atoms with E-state index in [4.69, 9.17) is 0 Å². The maximum atomic E-state index is 13.2. The van der Waals surface area contributed by atoms with Crippen LogP contribution in [0.1, 0.15) is 40.3 Å². The summed E-state index contributed by atoms with van der Waals surface area (Å²) in [6.07, 6.45) is 5.51. The van der Waals surface area contributed by atoms with Crippen LogP contribution in [0.25, 0.3) is 5.69 Å². The summed E-state index contributed by atoms with van der Waals surface area (Å²) in [5.74, 6) is -0.488. The fourth-order valence-corrected chi connectivity index (χ4v) is 3.33. The third-order valence-electron chi connectivity index (χ3n) is 4.62. The van der Waals surface area contributed by atoms with E-state index in [1.165, 1.54) is 12.1 Å². The van der Waals surface area contributed by atoms with Crippen LogP contribution >= 0.6 is 0 Å². The first-order chi connectivity index (χ1) is 12.7. The first-order valence-electron chi connectivity index (χ1n) is 8.77. The molecule has 0 saturated heterocycles. The molecule has 1 aromatic carbocycles. The summed E-state index contributed by atoms with van der Waals surface area (Å²) in [4.78, 5) is 16.9. The lowest BCUT2D eigenvalue weighted by Gasteiger charge is -2.14. The van der Waals surface area contributed by atoms with Gasteiger partial charge in [-0.25, -0.2) is 9.07 Å². The lowest BCUT2D eigenvalue weighted by molar-refractivity contribution is 0.0944. The summed E-state index contributed by atoms with van der Waals surface area (Å²) in [6, 6.07) is 11.8. The number of nitrogens with zero attached hydrogens (tertiary/aromatic N) is 3. The van der Waals surface area contributed by atoms with Crippen LogP contribution in [0.3, 0.4) is 0 Å². The molecule has 132 valence electrons. The standard InChI is InChI=1S/C20H19FN4O/c21-14-8-10-16(11-9-14)25-18-7-2-1-6-17(18)19(24-25)20(26)23-13-15-5-3-4-12-22-15/h3-5,8-12H,1-2,6-7,13H2,(H,23,26). The molecule has 1 amide bonds. The van der Waals surface area contributed by atoms with Crippen molar-refractivity contribution in [1.29, 1.82) is 0 Å². The highest BCUT2D eigenvalue weighted by atomic mass is 19.1. The number of fused-ring (bicyclic) bond motifs is 1. The van der Waals surface area contributed by atoms with Gasteiger partial charge in [-0.1, -0.05) is 6.07 Å². The van der Waals surface area contributed by atoms with Gasteiger partial charge in [-0.15, -0.1) is 0 Å². The minimum atomic E-state index is -0.289. The Kier molecular flexibility index (Phi) is 4.48. The molecule has 4 rings (SSSR count). The molecule has 3 aromatic rings. The number of hydrogen-bond acceptors (Lipinski definition) is 3. The smallest absolute Gasteiger partial charge is 0.272 e. The Labute approximate surface area is 150 Å². The van der Waals surface area contributed by atoms with Crippen LogP contribution in [0.5, 0.6) is 0 Å². The average Bonchev–Trinajstić information content (AvgIpc) is 3.07. The average molecular weight is 350 g/mol. The minimum Gasteiger partial charge on any atom is -0.345 e. The van der Waals surface area contributed by atoms with Crippen LogP contribution in [-0.2, 0) is 19.4 Å². The molecule has 0 aliphatic heterocycles. The van der Waals surface area contributed by atoms with E-state index in [9.17, 15) is 9.18 Å². The number of nitrogens with one attached hydrogen (secondary N) is 1. The molecule has 1 aliphatic carbocycles. The fraction of sp³-hybridized carbons (Fsp3) is 0.250. The molecule has 0 unspecified atom stereocenters. The highest BCUT2D eigenvalue weighted by Crippen LogP contribution is 2.27. The van der Waals surface area contributed by atoms with Crippen molar-refractivity contribution >= 4 is 5.91 Å². The van der Waals surface area contributed by atoms with Crippen molar-refractivity contribution in [1.82, 2.24) is 20.1 Å². The molecule has 0 atom stereocenters. The van der Waals surface area contributed by atoms with Crippen molar-refractivity contribution < 1.29 is 9.18 Å². The zero-order chi connectivity index (χ0) is 17.9. The van der Waals surface area contributed by atoms with Crippen molar-refractivity contribution in [3.63, 3.8) is 0 Å². The Bertz CT molecular complexity index is 919.